The van der Waals surface area contributed by atoms with Gasteiger partial charge in [0.2, 0.25) is 0 Å². The third-order valence-corrected chi connectivity index (χ3v) is 2.03. The summed E-state index contributed by atoms with van der Waals surface area (Å²) in [7, 11) is 0. The fourth-order valence-corrected chi connectivity index (χ4v) is 1.12. The monoisotopic (exact) mass is 207 g/mol. The number of hydrogen-bond donors (Lipinski definition) is 2. The Balaban J connectivity index is 3.15. The van der Waals surface area contributed by atoms with Crippen molar-refractivity contribution in [3.05, 3.63) is 35.1 Å². The van der Waals surface area contributed by atoms with Crippen molar-refractivity contribution in [2.24, 2.45) is 5.73 Å². The molecule has 0 spiro atoms. The fourth-order valence-electron chi connectivity index (χ4n) is 0.920. The highest BCUT2D eigenvalue weighted by Gasteiger charge is 2.14. The summed E-state index contributed by atoms with van der Waals surface area (Å²) in [6, 6.07) is 0.512. The first-order valence-electron chi connectivity index (χ1n) is 3.57. The van der Waals surface area contributed by atoms with Gasteiger partial charge in [0.15, 0.2) is 11.6 Å². The lowest BCUT2D eigenvalue weighted by atomic mass is 10.1. The Hall–Kier alpha value is -0.680. The molecule has 0 saturated carbocycles. The molecule has 1 rings (SSSR count). The molecule has 0 heterocycles. The van der Waals surface area contributed by atoms with Crippen molar-refractivity contribution >= 4 is 12.6 Å². The molecule has 0 aromatic heterocycles. The van der Waals surface area contributed by atoms with Crippen molar-refractivity contribution in [1.29, 1.82) is 0 Å². The first-order valence-corrected chi connectivity index (χ1v) is 4.20. The van der Waals surface area contributed by atoms with E-state index in [4.69, 9.17) is 5.73 Å². The molecule has 2 N–H and O–H groups in total. The summed E-state index contributed by atoms with van der Waals surface area (Å²) in [5, 5.41) is 0. The maximum atomic E-state index is 12.9. The molecule has 72 valence electrons. The van der Waals surface area contributed by atoms with Gasteiger partial charge in [-0.25, -0.2) is 13.2 Å². The highest BCUT2D eigenvalue weighted by molar-refractivity contribution is 7.80. The minimum Gasteiger partial charge on any atom is -0.323 e. The maximum Gasteiger partial charge on any atom is 0.161 e. The van der Waals surface area contributed by atoms with E-state index in [1.165, 1.54) is 0 Å². The third-order valence-electron chi connectivity index (χ3n) is 1.64. The van der Waals surface area contributed by atoms with Crippen LogP contribution < -0.4 is 5.73 Å². The molecule has 1 atom stereocenters. The van der Waals surface area contributed by atoms with E-state index in [2.05, 4.69) is 12.6 Å². The summed E-state index contributed by atoms with van der Waals surface area (Å²) in [6.45, 7) is 0. The predicted molar refractivity (Wildman–Crippen MR) is 47.1 cm³/mol. The van der Waals surface area contributed by atoms with Crippen LogP contribution >= 0.6 is 12.6 Å². The van der Waals surface area contributed by atoms with Crippen LogP contribution in [0, 0.1) is 17.5 Å². The Morgan fingerprint density at radius 1 is 1.15 bits per heavy atom. The Labute approximate surface area is 79.2 Å². The molecule has 1 nitrogen and oxygen atoms in total. The van der Waals surface area contributed by atoms with Gasteiger partial charge in [-0.05, 0) is 6.07 Å². The zero-order chi connectivity index (χ0) is 10.0. The molecule has 0 aliphatic carbocycles. The standard InChI is InChI=1S/C8H8F3NS/c9-5-2-7(11)6(10)1-4(5)8(12)3-13/h1-2,8,13H,3,12H2. The quantitative estimate of drug-likeness (QED) is 0.563. The zero-order valence-electron chi connectivity index (χ0n) is 6.60. The van der Waals surface area contributed by atoms with Gasteiger partial charge in [0, 0.05) is 23.4 Å². The molecular formula is C8H8F3NS. The third kappa shape index (κ3) is 2.16. The lowest BCUT2D eigenvalue weighted by Crippen LogP contribution is -2.14. The van der Waals surface area contributed by atoms with Gasteiger partial charge in [-0.2, -0.15) is 12.6 Å². The van der Waals surface area contributed by atoms with Crippen LogP contribution in [0.1, 0.15) is 11.6 Å². The highest BCUT2D eigenvalue weighted by Crippen LogP contribution is 2.19. The van der Waals surface area contributed by atoms with E-state index in [0.29, 0.717) is 6.07 Å². The molecule has 0 aliphatic rings. The molecule has 0 amide bonds. The number of benzene rings is 1. The highest BCUT2D eigenvalue weighted by atomic mass is 32.1. The second-order valence-corrected chi connectivity index (χ2v) is 2.94. The number of rotatable bonds is 2. The first-order chi connectivity index (χ1) is 6.06. The first kappa shape index (κ1) is 10.4. The molecule has 1 aromatic carbocycles. The minimum atomic E-state index is -1.22. The van der Waals surface area contributed by atoms with E-state index in [-0.39, 0.29) is 11.3 Å². The molecule has 1 unspecified atom stereocenters. The summed E-state index contributed by atoms with van der Waals surface area (Å²) >= 11 is 3.83. The molecule has 0 aliphatic heterocycles. The summed E-state index contributed by atoms with van der Waals surface area (Å²) < 4.78 is 38.0. The van der Waals surface area contributed by atoms with Gasteiger partial charge >= 0.3 is 0 Å². The van der Waals surface area contributed by atoms with Crippen molar-refractivity contribution in [3.8, 4) is 0 Å². The largest absolute Gasteiger partial charge is 0.323 e. The Morgan fingerprint density at radius 2 is 1.69 bits per heavy atom. The van der Waals surface area contributed by atoms with E-state index in [1.807, 2.05) is 0 Å². The lowest BCUT2D eigenvalue weighted by molar-refractivity contribution is 0.487. The van der Waals surface area contributed by atoms with Crippen LogP contribution in [0.3, 0.4) is 0 Å². The summed E-state index contributed by atoms with van der Waals surface area (Å²) in [5.41, 5.74) is 5.35. The molecule has 13 heavy (non-hydrogen) atoms. The van der Waals surface area contributed by atoms with E-state index in [0.717, 1.165) is 6.07 Å². The van der Waals surface area contributed by atoms with Crippen LogP contribution in [0.25, 0.3) is 0 Å². The lowest BCUT2D eigenvalue weighted by Gasteiger charge is -2.09. The molecule has 0 saturated heterocycles. The summed E-state index contributed by atoms with van der Waals surface area (Å²) in [5.74, 6) is -3.00. The van der Waals surface area contributed by atoms with Gasteiger partial charge in [-0.1, -0.05) is 0 Å². The van der Waals surface area contributed by atoms with E-state index >= 15 is 0 Å². The van der Waals surface area contributed by atoms with Crippen molar-refractivity contribution in [3.63, 3.8) is 0 Å². The Kier molecular flexibility index (Phi) is 3.22. The molecule has 0 bridgehead atoms. The number of hydrogen-bond acceptors (Lipinski definition) is 2. The fraction of sp³-hybridized carbons (Fsp3) is 0.250. The van der Waals surface area contributed by atoms with Gasteiger partial charge < -0.3 is 5.73 Å². The van der Waals surface area contributed by atoms with Gasteiger partial charge in [0.1, 0.15) is 5.82 Å². The summed E-state index contributed by atoms with van der Waals surface area (Å²) in [4.78, 5) is 0. The van der Waals surface area contributed by atoms with Crippen molar-refractivity contribution < 1.29 is 13.2 Å². The molecule has 1 aromatic rings. The number of nitrogens with two attached hydrogens (primary N) is 1. The molecule has 0 fully saturated rings. The van der Waals surface area contributed by atoms with Crippen LogP contribution in [0.2, 0.25) is 0 Å². The van der Waals surface area contributed by atoms with Gasteiger partial charge in [-0.3, -0.25) is 0 Å². The normalized spacial score (nSPS) is 13.0. The summed E-state index contributed by atoms with van der Waals surface area (Å²) in [6.07, 6.45) is 0. The number of thiol groups is 1. The van der Waals surface area contributed by atoms with Crippen LogP contribution in [-0.2, 0) is 0 Å². The van der Waals surface area contributed by atoms with Crippen LogP contribution in [0.4, 0.5) is 13.2 Å². The van der Waals surface area contributed by atoms with Gasteiger partial charge in [0.05, 0.1) is 0 Å². The minimum absolute atomic E-state index is 0.0612. The number of halogens is 3. The van der Waals surface area contributed by atoms with Gasteiger partial charge in [-0.15, -0.1) is 0 Å². The molecule has 5 heteroatoms. The molecule has 0 radical (unpaired) electrons. The van der Waals surface area contributed by atoms with E-state index < -0.39 is 23.5 Å². The predicted octanol–water partition coefficient (Wildman–Crippen LogP) is 2.03. The smallest absolute Gasteiger partial charge is 0.161 e. The second kappa shape index (κ2) is 4.02. The Morgan fingerprint density at radius 3 is 2.23 bits per heavy atom. The van der Waals surface area contributed by atoms with Gasteiger partial charge in [0.25, 0.3) is 0 Å². The van der Waals surface area contributed by atoms with E-state index in [9.17, 15) is 13.2 Å². The van der Waals surface area contributed by atoms with Crippen molar-refractivity contribution in [2.75, 3.05) is 5.75 Å². The van der Waals surface area contributed by atoms with Crippen molar-refractivity contribution in [2.45, 2.75) is 6.04 Å². The average Bonchev–Trinajstić information content (AvgIpc) is 2.10. The topological polar surface area (TPSA) is 26.0 Å². The van der Waals surface area contributed by atoms with Crippen LogP contribution in [0.5, 0.6) is 0 Å². The van der Waals surface area contributed by atoms with Crippen LogP contribution in [-0.4, -0.2) is 5.75 Å². The zero-order valence-corrected chi connectivity index (χ0v) is 7.49. The second-order valence-electron chi connectivity index (χ2n) is 2.58. The molecular weight excluding hydrogens is 199 g/mol. The Bertz CT molecular complexity index is 317. The average molecular weight is 207 g/mol. The van der Waals surface area contributed by atoms with E-state index in [1.54, 1.807) is 0 Å². The van der Waals surface area contributed by atoms with Crippen molar-refractivity contribution in [1.82, 2.24) is 0 Å². The maximum absolute atomic E-state index is 12.9. The SMILES string of the molecule is NC(CS)c1cc(F)c(F)cc1F. The van der Waals surface area contributed by atoms with Crippen LogP contribution in [0.15, 0.2) is 12.1 Å².